The van der Waals surface area contributed by atoms with Crippen molar-refractivity contribution in [1.82, 2.24) is 14.9 Å². The molecule has 0 saturated heterocycles. The Bertz CT molecular complexity index is 612. The number of aromatic nitrogens is 2. The van der Waals surface area contributed by atoms with Crippen LogP contribution in [0.1, 0.15) is 45.2 Å². The van der Waals surface area contributed by atoms with Gasteiger partial charge in [0.2, 0.25) is 5.91 Å². The van der Waals surface area contributed by atoms with Gasteiger partial charge in [-0.25, -0.2) is 4.98 Å². The molecule has 0 radical (unpaired) electrons. The quantitative estimate of drug-likeness (QED) is 0.743. The molecule has 1 N–H and O–H groups in total. The lowest BCUT2D eigenvalue weighted by molar-refractivity contribution is -0.121. The highest BCUT2D eigenvalue weighted by Gasteiger charge is 2.20. The Kier molecular flexibility index (Phi) is 6.71. The zero-order valence-electron chi connectivity index (χ0n) is 14.0. The lowest BCUT2D eigenvalue weighted by atomic mass is 10.0. The Labute approximate surface area is 142 Å². The Hall–Kier alpha value is -1.75. The molecular formula is C18H25N3OS. The third-order valence-corrected chi connectivity index (χ3v) is 4.88. The van der Waals surface area contributed by atoms with Crippen LogP contribution in [-0.4, -0.2) is 20.7 Å². The highest BCUT2D eigenvalue weighted by molar-refractivity contribution is 8.00. The first-order valence-electron chi connectivity index (χ1n) is 8.18. The maximum absolute atomic E-state index is 12.6. The van der Waals surface area contributed by atoms with Crippen molar-refractivity contribution in [2.45, 2.75) is 56.6 Å². The highest BCUT2D eigenvalue weighted by atomic mass is 32.2. The Morgan fingerprint density at radius 2 is 2.04 bits per heavy atom. The number of hydrogen-bond acceptors (Lipinski definition) is 3. The van der Waals surface area contributed by atoms with E-state index in [0.29, 0.717) is 0 Å². The summed E-state index contributed by atoms with van der Waals surface area (Å²) in [5.74, 6) is 0.0583. The average molecular weight is 331 g/mol. The van der Waals surface area contributed by atoms with Gasteiger partial charge in [0.25, 0.3) is 0 Å². The van der Waals surface area contributed by atoms with E-state index in [2.05, 4.69) is 40.8 Å². The standard InChI is InChI=1S/C18H25N3OS/c1-4-9-16(15-10-7-6-8-11-15)20-17(22)14(3)23-18-19-12-13-21(18)5-2/h6-8,10-14,16H,4-5,9H2,1-3H3,(H,20,22)/t14-,16-/m0/s1. The lowest BCUT2D eigenvalue weighted by Crippen LogP contribution is -2.34. The minimum Gasteiger partial charge on any atom is -0.348 e. The first-order valence-corrected chi connectivity index (χ1v) is 9.06. The van der Waals surface area contributed by atoms with E-state index in [4.69, 9.17) is 0 Å². The van der Waals surface area contributed by atoms with Crippen LogP contribution in [0.5, 0.6) is 0 Å². The van der Waals surface area contributed by atoms with Crippen molar-refractivity contribution >= 4 is 17.7 Å². The summed E-state index contributed by atoms with van der Waals surface area (Å²) in [6.45, 7) is 7.00. The van der Waals surface area contributed by atoms with Crippen molar-refractivity contribution in [1.29, 1.82) is 0 Å². The van der Waals surface area contributed by atoms with Gasteiger partial charge in [-0.15, -0.1) is 0 Å². The minimum atomic E-state index is -0.175. The number of carbonyl (C=O) groups excluding carboxylic acids is 1. The number of hydrogen-bond donors (Lipinski definition) is 1. The smallest absolute Gasteiger partial charge is 0.233 e. The van der Waals surface area contributed by atoms with Crippen LogP contribution >= 0.6 is 11.8 Å². The summed E-state index contributed by atoms with van der Waals surface area (Å²) in [7, 11) is 0. The molecule has 0 fully saturated rings. The van der Waals surface area contributed by atoms with Crippen LogP contribution in [-0.2, 0) is 11.3 Å². The van der Waals surface area contributed by atoms with Gasteiger partial charge >= 0.3 is 0 Å². The fourth-order valence-corrected chi connectivity index (χ4v) is 3.39. The number of imidazole rings is 1. The van der Waals surface area contributed by atoms with E-state index < -0.39 is 0 Å². The molecule has 0 unspecified atom stereocenters. The summed E-state index contributed by atoms with van der Waals surface area (Å²) in [4.78, 5) is 16.9. The molecule has 0 bridgehead atoms. The number of benzene rings is 1. The van der Waals surface area contributed by atoms with Crippen LogP contribution < -0.4 is 5.32 Å². The normalized spacial score (nSPS) is 13.5. The summed E-state index contributed by atoms with van der Waals surface area (Å²) in [6.07, 6.45) is 5.69. The van der Waals surface area contributed by atoms with Gasteiger partial charge in [-0.2, -0.15) is 0 Å². The van der Waals surface area contributed by atoms with Crippen LogP contribution in [0.3, 0.4) is 0 Å². The van der Waals surface area contributed by atoms with E-state index in [0.717, 1.165) is 30.1 Å². The van der Waals surface area contributed by atoms with Gasteiger partial charge in [0.1, 0.15) is 0 Å². The van der Waals surface area contributed by atoms with E-state index in [1.807, 2.05) is 31.3 Å². The summed E-state index contributed by atoms with van der Waals surface area (Å²) >= 11 is 1.50. The van der Waals surface area contributed by atoms with Gasteiger partial charge in [-0.1, -0.05) is 55.4 Å². The number of nitrogens with zero attached hydrogens (tertiary/aromatic N) is 2. The second-order valence-corrected chi connectivity index (χ2v) is 6.82. The second kappa shape index (κ2) is 8.77. The molecule has 2 atom stereocenters. The molecule has 1 aromatic heterocycles. The number of thioether (sulfide) groups is 1. The number of aryl methyl sites for hydroxylation is 1. The number of amides is 1. The molecule has 0 aliphatic rings. The summed E-state index contributed by atoms with van der Waals surface area (Å²) in [6, 6.07) is 10.2. The Balaban J connectivity index is 2.00. The third kappa shape index (κ3) is 4.86. The van der Waals surface area contributed by atoms with E-state index in [-0.39, 0.29) is 17.2 Å². The Morgan fingerprint density at radius 1 is 1.30 bits per heavy atom. The van der Waals surface area contributed by atoms with Gasteiger partial charge < -0.3 is 9.88 Å². The largest absolute Gasteiger partial charge is 0.348 e. The van der Waals surface area contributed by atoms with E-state index in [1.54, 1.807) is 6.20 Å². The van der Waals surface area contributed by atoms with Crippen LogP contribution in [0, 0.1) is 0 Å². The molecule has 2 aromatic rings. The molecule has 23 heavy (non-hydrogen) atoms. The van der Waals surface area contributed by atoms with Crippen LogP contribution in [0.15, 0.2) is 47.9 Å². The molecule has 4 nitrogen and oxygen atoms in total. The van der Waals surface area contributed by atoms with Gasteiger partial charge in [0, 0.05) is 18.9 Å². The van der Waals surface area contributed by atoms with Gasteiger partial charge in [-0.3, -0.25) is 4.79 Å². The molecular weight excluding hydrogens is 306 g/mol. The summed E-state index contributed by atoms with van der Waals surface area (Å²) < 4.78 is 2.05. The molecule has 0 spiro atoms. The molecule has 1 aromatic carbocycles. The number of carbonyl (C=O) groups is 1. The van der Waals surface area contributed by atoms with Crippen molar-refractivity contribution in [3.63, 3.8) is 0 Å². The predicted molar refractivity (Wildman–Crippen MR) is 95.5 cm³/mol. The van der Waals surface area contributed by atoms with Gasteiger partial charge in [0.05, 0.1) is 11.3 Å². The van der Waals surface area contributed by atoms with Gasteiger partial charge in [0.15, 0.2) is 5.16 Å². The van der Waals surface area contributed by atoms with Crippen LogP contribution in [0.25, 0.3) is 0 Å². The second-order valence-electron chi connectivity index (χ2n) is 5.52. The maximum Gasteiger partial charge on any atom is 0.233 e. The zero-order chi connectivity index (χ0) is 16.7. The van der Waals surface area contributed by atoms with E-state index >= 15 is 0 Å². The molecule has 0 aliphatic heterocycles. The fraction of sp³-hybridized carbons (Fsp3) is 0.444. The van der Waals surface area contributed by atoms with Crippen LogP contribution in [0.4, 0.5) is 0 Å². The minimum absolute atomic E-state index is 0.0583. The van der Waals surface area contributed by atoms with Crippen molar-refractivity contribution in [3.05, 3.63) is 48.3 Å². The van der Waals surface area contributed by atoms with Crippen molar-refractivity contribution < 1.29 is 4.79 Å². The maximum atomic E-state index is 12.6. The third-order valence-electron chi connectivity index (χ3n) is 3.77. The molecule has 0 aliphatic carbocycles. The first kappa shape index (κ1) is 17.6. The first-order chi connectivity index (χ1) is 11.2. The zero-order valence-corrected chi connectivity index (χ0v) is 14.8. The summed E-state index contributed by atoms with van der Waals surface area (Å²) in [5.41, 5.74) is 1.16. The SMILES string of the molecule is CCC[C@H](NC(=O)[C@H](C)Sc1nccn1CC)c1ccccc1. The van der Waals surface area contributed by atoms with Crippen LogP contribution in [0.2, 0.25) is 0 Å². The molecule has 1 amide bonds. The van der Waals surface area contributed by atoms with Crippen molar-refractivity contribution in [3.8, 4) is 0 Å². The number of nitrogens with one attached hydrogen (secondary N) is 1. The molecule has 5 heteroatoms. The fourth-order valence-electron chi connectivity index (χ4n) is 2.45. The molecule has 0 saturated carbocycles. The molecule has 2 rings (SSSR count). The number of rotatable bonds is 8. The van der Waals surface area contributed by atoms with Crippen molar-refractivity contribution in [2.24, 2.45) is 0 Å². The topological polar surface area (TPSA) is 46.9 Å². The Morgan fingerprint density at radius 3 is 2.70 bits per heavy atom. The molecule has 1 heterocycles. The molecule has 124 valence electrons. The van der Waals surface area contributed by atoms with E-state index in [1.165, 1.54) is 11.8 Å². The average Bonchev–Trinajstić information content (AvgIpc) is 3.02. The predicted octanol–water partition coefficient (Wildman–Crippen LogP) is 4.04. The van der Waals surface area contributed by atoms with Gasteiger partial charge in [-0.05, 0) is 25.8 Å². The van der Waals surface area contributed by atoms with Crippen molar-refractivity contribution in [2.75, 3.05) is 0 Å². The lowest BCUT2D eigenvalue weighted by Gasteiger charge is -2.21. The summed E-state index contributed by atoms with van der Waals surface area (Å²) in [5, 5.41) is 3.90. The van der Waals surface area contributed by atoms with E-state index in [9.17, 15) is 4.79 Å². The monoisotopic (exact) mass is 331 g/mol. The highest BCUT2D eigenvalue weighted by Crippen LogP contribution is 2.24.